The Morgan fingerprint density at radius 1 is 1.30 bits per heavy atom. The summed E-state index contributed by atoms with van der Waals surface area (Å²) < 4.78 is 48.4. The second-order valence-corrected chi connectivity index (χ2v) is 11.0. The van der Waals surface area contributed by atoms with Gasteiger partial charge in [-0.05, 0) is 56.5 Å². The van der Waals surface area contributed by atoms with E-state index in [4.69, 9.17) is 4.74 Å². The summed E-state index contributed by atoms with van der Waals surface area (Å²) in [5, 5.41) is 5.27. The van der Waals surface area contributed by atoms with Crippen LogP contribution in [0, 0.1) is 18.7 Å². The van der Waals surface area contributed by atoms with E-state index in [0.29, 0.717) is 28.6 Å². The second-order valence-electron chi connectivity index (χ2n) is 8.18. The molecule has 2 N–H and O–H groups in total. The van der Waals surface area contributed by atoms with Gasteiger partial charge in [0.15, 0.2) is 6.10 Å². The molecule has 4 rings (SSSR count). The number of nitrogens with zero attached hydrogens (tertiary/aromatic N) is 1. The van der Waals surface area contributed by atoms with Gasteiger partial charge in [-0.25, -0.2) is 12.8 Å². The van der Waals surface area contributed by atoms with Crippen molar-refractivity contribution in [3.8, 4) is 5.75 Å². The van der Waals surface area contributed by atoms with Gasteiger partial charge in [-0.1, -0.05) is 15.9 Å². The van der Waals surface area contributed by atoms with E-state index >= 15 is 0 Å². The minimum Gasteiger partial charge on any atom is -0.479 e. The lowest BCUT2D eigenvalue weighted by Crippen LogP contribution is -2.44. The van der Waals surface area contributed by atoms with Gasteiger partial charge in [-0.15, -0.1) is 0 Å². The molecule has 2 amide bonds. The van der Waals surface area contributed by atoms with E-state index in [0.717, 1.165) is 0 Å². The van der Waals surface area contributed by atoms with Gasteiger partial charge >= 0.3 is 0 Å². The molecule has 0 bridgehead atoms. The van der Waals surface area contributed by atoms with Crippen molar-refractivity contribution in [2.75, 3.05) is 23.7 Å². The van der Waals surface area contributed by atoms with Gasteiger partial charge in [0.25, 0.3) is 5.91 Å². The molecule has 8 nitrogen and oxygen atoms in total. The topological polar surface area (TPSA) is 105 Å². The van der Waals surface area contributed by atoms with Gasteiger partial charge in [0, 0.05) is 23.6 Å². The lowest BCUT2D eigenvalue weighted by Gasteiger charge is -2.32. The maximum absolute atomic E-state index is 14.1. The highest BCUT2D eigenvalue weighted by molar-refractivity contribution is 9.10. The van der Waals surface area contributed by atoms with Crippen LogP contribution in [0.25, 0.3) is 0 Å². The third-order valence-corrected chi connectivity index (χ3v) is 8.27. The van der Waals surface area contributed by atoms with E-state index in [9.17, 15) is 22.4 Å². The van der Waals surface area contributed by atoms with Crippen LogP contribution in [0.15, 0.2) is 39.7 Å². The Morgan fingerprint density at radius 3 is 2.79 bits per heavy atom. The Kier molecular flexibility index (Phi) is 6.47. The smallest absolute Gasteiger partial charge is 0.265 e. The molecule has 0 saturated carbocycles. The third kappa shape index (κ3) is 4.75. The zero-order valence-corrected chi connectivity index (χ0v) is 20.4. The summed E-state index contributed by atoms with van der Waals surface area (Å²) in [6.45, 7) is 3.47. The molecule has 1 fully saturated rings. The first kappa shape index (κ1) is 23.7. The summed E-state index contributed by atoms with van der Waals surface area (Å²) in [6.07, 6.45) is 0.248. The first-order valence-corrected chi connectivity index (χ1v) is 12.7. The molecule has 11 heteroatoms. The Bertz CT molecular complexity index is 1240. The van der Waals surface area contributed by atoms with Crippen molar-refractivity contribution in [3.63, 3.8) is 0 Å². The third-order valence-electron chi connectivity index (χ3n) is 5.77. The number of ether oxygens (including phenoxy) is 1. The number of nitrogens with one attached hydrogen (secondary N) is 2. The van der Waals surface area contributed by atoms with Gasteiger partial charge in [0.05, 0.1) is 22.2 Å². The standard InChI is InChI=1S/C22H23BrFN3O5S/c1-12-8-18-19(32-13(2)21(28)26-18)10-20(12)33(30,31)27-7-3-4-14(11-27)22(29)25-17-6-5-15(23)9-16(17)24/h5-6,8-10,13-14H,3-4,7,11H2,1-2H3,(H,25,29)(H,26,28)/t13-,14-/m1/s1. The Labute approximate surface area is 199 Å². The number of amides is 2. The van der Waals surface area contributed by atoms with Gasteiger partial charge in [0.2, 0.25) is 15.9 Å². The van der Waals surface area contributed by atoms with Gasteiger partial charge in [-0.2, -0.15) is 4.31 Å². The van der Waals surface area contributed by atoms with Crippen LogP contribution in [0.1, 0.15) is 25.3 Å². The molecule has 176 valence electrons. The van der Waals surface area contributed by atoms with E-state index in [1.54, 1.807) is 26.0 Å². The molecule has 2 atom stereocenters. The number of halogens is 2. The molecule has 33 heavy (non-hydrogen) atoms. The summed E-state index contributed by atoms with van der Waals surface area (Å²) in [4.78, 5) is 24.7. The van der Waals surface area contributed by atoms with Crippen LogP contribution in [-0.2, 0) is 19.6 Å². The predicted octanol–water partition coefficient (Wildman–Crippen LogP) is 3.66. The largest absolute Gasteiger partial charge is 0.479 e. The van der Waals surface area contributed by atoms with Crippen LogP contribution in [0.3, 0.4) is 0 Å². The Morgan fingerprint density at radius 2 is 2.06 bits per heavy atom. The molecule has 2 aromatic rings. The van der Waals surface area contributed by atoms with Crippen molar-refractivity contribution >= 4 is 49.1 Å². The normalized spacial score (nSPS) is 21.0. The zero-order chi connectivity index (χ0) is 23.9. The number of anilines is 2. The molecule has 0 unspecified atom stereocenters. The Balaban J connectivity index is 1.54. The van der Waals surface area contributed by atoms with E-state index < -0.39 is 33.8 Å². The number of benzene rings is 2. The Hall–Kier alpha value is -2.50. The molecular formula is C22H23BrFN3O5S. The predicted molar refractivity (Wildman–Crippen MR) is 124 cm³/mol. The monoisotopic (exact) mass is 539 g/mol. The van der Waals surface area contributed by atoms with Crippen molar-refractivity contribution in [2.24, 2.45) is 5.92 Å². The molecule has 0 aliphatic carbocycles. The molecular weight excluding hydrogens is 517 g/mol. The minimum absolute atomic E-state index is 0.0170. The highest BCUT2D eigenvalue weighted by atomic mass is 79.9. The lowest BCUT2D eigenvalue weighted by molar-refractivity contribution is -0.123. The van der Waals surface area contributed by atoms with Crippen LogP contribution in [0.2, 0.25) is 0 Å². The molecule has 2 aromatic carbocycles. The van der Waals surface area contributed by atoms with Crippen LogP contribution < -0.4 is 15.4 Å². The number of carbonyl (C=O) groups is 2. The summed E-state index contributed by atoms with van der Waals surface area (Å²) in [5.41, 5.74) is 0.916. The van der Waals surface area contributed by atoms with Crippen LogP contribution in [0.5, 0.6) is 5.75 Å². The summed E-state index contributed by atoms with van der Waals surface area (Å²) in [6, 6.07) is 7.29. The molecule has 0 aromatic heterocycles. The van der Waals surface area contributed by atoms with Crippen LogP contribution >= 0.6 is 15.9 Å². The van der Waals surface area contributed by atoms with Gasteiger partial charge < -0.3 is 15.4 Å². The quantitative estimate of drug-likeness (QED) is 0.616. The summed E-state index contributed by atoms with van der Waals surface area (Å²) in [5.74, 6) is -1.65. The van der Waals surface area contributed by atoms with E-state index in [1.807, 2.05) is 0 Å². The molecule has 1 saturated heterocycles. The number of carbonyl (C=O) groups excluding carboxylic acids is 2. The molecule has 0 spiro atoms. The second kappa shape index (κ2) is 9.03. The number of hydrogen-bond donors (Lipinski definition) is 2. The summed E-state index contributed by atoms with van der Waals surface area (Å²) >= 11 is 3.17. The van der Waals surface area contributed by atoms with Crippen molar-refractivity contribution in [1.29, 1.82) is 0 Å². The first-order chi connectivity index (χ1) is 15.6. The van der Waals surface area contributed by atoms with Crippen LogP contribution in [-0.4, -0.2) is 43.7 Å². The van der Waals surface area contributed by atoms with E-state index in [2.05, 4.69) is 26.6 Å². The van der Waals surface area contributed by atoms with Crippen molar-refractivity contribution in [1.82, 2.24) is 4.31 Å². The van der Waals surface area contributed by atoms with E-state index in [1.165, 1.54) is 22.5 Å². The fourth-order valence-corrected chi connectivity index (χ4v) is 6.04. The molecule has 2 heterocycles. The van der Waals surface area contributed by atoms with Crippen molar-refractivity contribution in [2.45, 2.75) is 37.7 Å². The van der Waals surface area contributed by atoms with Crippen molar-refractivity contribution < 1.29 is 27.1 Å². The van der Waals surface area contributed by atoms with Gasteiger partial charge in [0.1, 0.15) is 11.6 Å². The molecule has 2 aliphatic rings. The van der Waals surface area contributed by atoms with Crippen LogP contribution in [0.4, 0.5) is 15.8 Å². The fraction of sp³-hybridized carbons (Fsp3) is 0.364. The fourth-order valence-electron chi connectivity index (χ4n) is 3.96. The van der Waals surface area contributed by atoms with Gasteiger partial charge in [-0.3, -0.25) is 9.59 Å². The average molecular weight is 540 g/mol. The molecule has 2 aliphatic heterocycles. The van der Waals surface area contributed by atoms with Crippen molar-refractivity contribution in [3.05, 3.63) is 46.2 Å². The molecule has 0 radical (unpaired) electrons. The highest BCUT2D eigenvalue weighted by Gasteiger charge is 2.35. The SMILES string of the molecule is Cc1cc2c(cc1S(=O)(=O)N1CCC[C@@H](C(=O)Nc3ccc(Br)cc3F)C1)O[C@H](C)C(=O)N2. The number of rotatable bonds is 4. The average Bonchev–Trinajstić information content (AvgIpc) is 2.76. The maximum Gasteiger partial charge on any atom is 0.265 e. The zero-order valence-electron chi connectivity index (χ0n) is 18.0. The summed E-state index contributed by atoms with van der Waals surface area (Å²) in [7, 11) is -3.93. The highest BCUT2D eigenvalue weighted by Crippen LogP contribution is 2.36. The number of piperidine rings is 1. The lowest BCUT2D eigenvalue weighted by atomic mass is 9.98. The minimum atomic E-state index is -3.93. The number of sulfonamides is 1. The first-order valence-electron chi connectivity index (χ1n) is 10.4. The number of fused-ring (bicyclic) bond motifs is 1. The number of aryl methyl sites for hydroxylation is 1. The number of hydrogen-bond acceptors (Lipinski definition) is 5. The maximum atomic E-state index is 14.1. The van der Waals surface area contributed by atoms with E-state index in [-0.39, 0.29) is 35.3 Å².